The van der Waals surface area contributed by atoms with E-state index in [0.717, 1.165) is 30.1 Å². The zero-order valence-electron chi connectivity index (χ0n) is 11.6. The first-order valence-electron chi connectivity index (χ1n) is 6.26. The Balaban J connectivity index is 3.09. The lowest BCUT2D eigenvalue weighted by Gasteiger charge is -2.10. The Bertz CT molecular complexity index is 490. The molecule has 0 atom stereocenters. The van der Waals surface area contributed by atoms with Crippen molar-refractivity contribution in [2.45, 2.75) is 33.1 Å². The molecule has 1 aromatic heterocycles. The molecule has 1 aromatic rings. The molecule has 0 radical (unpaired) electrons. The molecule has 0 spiro atoms. The number of rotatable bonds is 5. The standard InChI is InChI=1S/C16H19F2N/c1-5-12(6-2)10-13(7-3)14-8-9-15(19-11-14)16(4,17)18/h5,7-11H,1,6H2,2-4H3/b12-10+,13-7+. The average Bonchev–Trinajstić information content (AvgIpc) is 2.39. The molecule has 0 N–H and O–H groups in total. The second kappa shape index (κ2) is 6.41. The summed E-state index contributed by atoms with van der Waals surface area (Å²) in [6.07, 6.45) is 8.08. The minimum absolute atomic E-state index is 0.213. The van der Waals surface area contributed by atoms with E-state index in [4.69, 9.17) is 0 Å². The van der Waals surface area contributed by atoms with Gasteiger partial charge >= 0.3 is 0 Å². The van der Waals surface area contributed by atoms with E-state index in [-0.39, 0.29) is 5.69 Å². The summed E-state index contributed by atoms with van der Waals surface area (Å²) in [5.74, 6) is -2.90. The third-order valence-electron chi connectivity index (χ3n) is 2.87. The number of nitrogens with zero attached hydrogens (tertiary/aromatic N) is 1. The van der Waals surface area contributed by atoms with Crippen LogP contribution in [0.4, 0.5) is 8.78 Å². The van der Waals surface area contributed by atoms with Crippen molar-refractivity contribution in [2.75, 3.05) is 0 Å². The molecule has 0 aliphatic carbocycles. The smallest absolute Gasteiger partial charge is 0.254 e. The van der Waals surface area contributed by atoms with Crippen LogP contribution in [0.5, 0.6) is 0 Å². The van der Waals surface area contributed by atoms with Crippen molar-refractivity contribution in [3.05, 3.63) is 60.0 Å². The van der Waals surface area contributed by atoms with Gasteiger partial charge in [-0.15, -0.1) is 0 Å². The fourth-order valence-electron chi connectivity index (χ4n) is 1.66. The van der Waals surface area contributed by atoms with Crippen molar-refractivity contribution in [3.8, 4) is 0 Å². The summed E-state index contributed by atoms with van der Waals surface area (Å²) in [4.78, 5) is 3.83. The first-order valence-corrected chi connectivity index (χ1v) is 6.26. The molecular formula is C16H19F2N. The maximum Gasteiger partial charge on any atom is 0.286 e. The summed E-state index contributed by atoms with van der Waals surface area (Å²) in [5.41, 5.74) is 2.66. The van der Waals surface area contributed by atoms with Crippen molar-refractivity contribution >= 4 is 5.57 Å². The molecule has 1 rings (SSSR count). The van der Waals surface area contributed by atoms with E-state index in [1.807, 2.05) is 26.0 Å². The van der Waals surface area contributed by atoms with Gasteiger partial charge in [-0.2, -0.15) is 8.78 Å². The predicted molar refractivity (Wildman–Crippen MR) is 76.0 cm³/mol. The molecule has 0 saturated carbocycles. The van der Waals surface area contributed by atoms with Gasteiger partial charge in [0.1, 0.15) is 5.69 Å². The van der Waals surface area contributed by atoms with Gasteiger partial charge in [0.2, 0.25) is 0 Å². The predicted octanol–water partition coefficient (Wildman–Crippen LogP) is 5.12. The largest absolute Gasteiger partial charge is 0.286 e. The Morgan fingerprint density at radius 1 is 1.42 bits per heavy atom. The Labute approximate surface area is 113 Å². The van der Waals surface area contributed by atoms with Gasteiger partial charge in [-0.25, -0.2) is 0 Å². The van der Waals surface area contributed by atoms with E-state index in [9.17, 15) is 8.78 Å². The lowest BCUT2D eigenvalue weighted by molar-refractivity contribution is 0.0127. The van der Waals surface area contributed by atoms with Crippen molar-refractivity contribution in [1.82, 2.24) is 4.98 Å². The highest BCUT2D eigenvalue weighted by Gasteiger charge is 2.25. The third-order valence-corrected chi connectivity index (χ3v) is 2.87. The zero-order valence-corrected chi connectivity index (χ0v) is 11.6. The molecule has 1 heterocycles. The van der Waals surface area contributed by atoms with Crippen LogP contribution >= 0.6 is 0 Å². The van der Waals surface area contributed by atoms with Gasteiger partial charge in [-0.05, 0) is 36.1 Å². The second-order valence-electron chi connectivity index (χ2n) is 4.34. The van der Waals surface area contributed by atoms with Crippen LogP contribution in [-0.2, 0) is 5.92 Å². The maximum absolute atomic E-state index is 13.1. The van der Waals surface area contributed by atoms with E-state index in [1.54, 1.807) is 12.1 Å². The first-order chi connectivity index (χ1) is 8.92. The number of hydrogen-bond acceptors (Lipinski definition) is 1. The molecule has 0 aromatic carbocycles. The zero-order chi connectivity index (χ0) is 14.5. The van der Waals surface area contributed by atoms with Crippen LogP contribution in [0.1, 0.15) is 38.4 Å². The summed E-state index contributed by atoms with van der Waals surface area (Å²) >= 11 is 0. The van der Waals surface area contributed by atoms with Crippen molar-refractivity contribution in [1.29, 1.82) is 0 Å². The lowest BCUT2D eigenvalue weighted by Crippen LogP contribution is -2.09. The van der Waals surface area contributed by atoms with Crippen LogP contribution in [0.25, 0.3) is 5.57 Å². The van der Waals surface area contributed by atoms with Crippen LogP contribution in [-0.4, -0.2) is 4.98 Å². The van der Waals surface area contributed by atoms with E-state index < -0.39 is 5.92 Å². The van der Waals surface area contributed by atoms with Gasteiger partial charge in [0, 0.05) is 13.1 Å². The van der Waals surface area contributed by atoms with Crippen LogP contribution in [0.2, 0.25) is 0 Å². The summed E-state index contributed by atoms with van der Waals surface area (Å²) in [7, 11) is 0. The van der Waals surface area contributed by atoms with E-state index in [0.29, 0.717) is 0 Å². The number of hydrogen-bond donors (Lipinski definition) is 0. The Morgan fingerprint density at radius 2 is 2.11 bits per heavy atom. The molecule has 0 amide bonds. The highest BCUT2D eigenvalue weighted by Crippen LogP contribution is 2.26. The highest BCUT2D eigenvalue weighted by molar-refractivity contribution is 5.74. The van der Waals surface area contributed by atoms with Crippen LogP contribution < -0.4 is 0 Å². The molecule has 0 aliphatic heterocycles. The SMILES string of the molecule is C=C/C(=C\C(=C/C)c1ccc(C(C)(F)F)nc1)CC. The molecule has 3 heteroatoms. The molecule has 0 unspecified atom stereocenters. The first kappa shape index (κ1) is 15.3. The van der Waals surface area contributed by atoms with Gasteiger partial charge in [-0.1, -0.05) is 37.8 Å². The molecular weight excluding hydrogens is 244 g/mol. The number of halogens is 2. The number of allylic oxidation sites excluding steroid dienone is 5. The molecule has 102 valence electrons. The topological polar surface area (TPSA) is 12.9 Å². The quantitative estimate of drug-likeness (QED) is 0.672. The fourth-order valence-corrected chi connectivity index (χ4v) is 1.66. The van der Waals surface area contributed by atoms with E-state index >= 15 is 0 Å². The van der Waals surface area contributed by atoms with Crippen molar-refractivity contribution in [2.24, 2.45) is 0 Å². The number of alkyl halides is 2. The fraction of sp³-hybridized carbons (Fsp3) is 0.312. The Hall–Kier alpha value is -1.77. The van der Waals surface area contributed by atoms with Gasteiger partial charge in [0.05, 0.1) is 0 Å². The molecule has 0 saturated heterocycles. The number of pyridine rings is 1. The maximum atomic E-state index is 13.1. The molecule has 0 fully saturated rings. The monoisotopic (exact) mass is 263 g/mol. The van der Waals surface area contributed by atoms with Gasteiger partial charge in [0.25, 0.3) is 5.92 Å². The summed E-state index contributed by atoms with van der Waals surface area (Å²) in [5, 5.41) is 0. The van der Waals surface area contributed by atoms with Crippen LogP contribution in [0, 0.1) is 0 Å². The molecule has 19 heavy (non-hydrogen) atoms. The Kier molecular flexibility index (Phi) is 5.16. The van der Waals surface area contributed by atoms with Crippen LogP contribution in [0.3, 0.4) is 0 Å². The molecule has 0 bridgehead atoms. The van der Waals surface area contributed by atoms with Gasteiger partial charge in [-0.3, -0.25) is 4.98 Å². The minimum Gasteiger partial charge on any atom is -0.254 e. The van der Waals surface area contributed by atoms with Gasteiger partial charge in [0.15, 0.2) is 0 Å². The molecule has 0 aliphatic rings. The lowest BCUT2D eigenvalue weighted by atomic mass is 10.0. The number of aromatic nitrogens is 1. The van der Waals surface area contributed by atoms with Crippen molar-refractivity contribution in [3.63, 3.8) is 0 Å². The van der Waals surface area contributed by atoms with E-state index in [2.05, 4.69) is 11.6 Å². The third kappa shape index (κ3) is 4.12. The van der Waals surface area contributed by atoms with Gasteiger partial charge < -0.3 is 0 Å². The highest BCUT2D eigenvalue weighted by atomic mass is 19.3. The van der Waals surface area contributed by atoms with Crippen LogP contribution in [0.15, 0.2) is 48.7 Å². The summed E-state index contributed by atoms with van der Waals surface area (Å²) in [6, 6.07) is 3.04. The van der Waals surface area contributed by atoms with E-state index in [1.165, 1.54) is 12.3 Å². The summed E-state index contributed by atoms with van der Waals surface area (Å²) < 4.78 is 26.2. The minimum atomic E-state index is -2.90. The Morgan fingerprint density at radius 3 is 2.47 bits per heavy atom. The summed E-state index contributed by atoms with van der Waals surface area (Å²) in [6.45, 7) is 8.54. The normalized spacial score (nSPS) is 13.5. The molecule has 1 nitrogen and oxygen atoms in total. The van der Waals surface area contributed by atoms with Crippen molar-refractivity contribution < 1.29 is 8.78 Å². The second-order valence-corrected chi connectivity index (χ2v) is 4.34. The average molecular weight is 263 g/mol.